The number of rotatable bonds is 18. The molecule has 122 heavy (non-hydrogen) atoms. The fourth-order valence-electron chi connectivity index (χ4n) is 13.9. The summed E-state index contributed by atoms with van der Waals surface area (Å²) >= 11 is 0. The predicted molar refractivity (Wildman–Crippen MR) is 510 cm³/mol. The number of pyridine rings is 2. The molecule has 0 saturated heterocycles. The van der Waals surface area contributed by atoms with Gasteiger partial charge in [0.2, 0.25) is 0 Å². The van der Waals surface area contributed by atoms with Gasteiger partial charge in [0.1, 0.15) is 11.5 Å². The van der Waals surface area contributed by atoms with E-state index < -0.39 is 0 Å². The van der Waals surface area contributed by atoms with Gasteiger partial charge in [-0.3, -0.25) is 50.7 Å². The molecule has 4 aliphatic rings. The second kappa shape index (κ2) is 79.2. The molecule has 2 heterocycles. The Labute approximate surface area is 819 Å². The summed E-state index contributed by atoms with van der Waals surface area (Å²) in [7, 11) is 8.78. The number of allylic oxidation sites excluding steroid dienone is 4. The molecule has 22 heteroatoms. The third-order valence-corrected chi connectivity index (χ3v) is 22.5. The monoisotopic (exact) mass is 2030 g/mol. The maximum absolute atomic E-state index is 7.75. The zero-order chi connectivity index (χ0) is 87.5. The van der Waals surface area contributed by atoms with Crippen molar-refractivity contribution in [3.05, 3.63) is 171 Å². The smallest absolute Gasteiger partial charge is 1.00 e. The van der Waals surface area contributed by atoms with Crippen LogP contribution in [-0.4, -0.2) is 103 Å². The second-order valence-corrected chi connectivity index (χ2v) is 41.3. The van der Waals surface area contributed by atoms with E-state index in [1.807, 2.05) is 50.9 Å². The Bertz CT molecular complexity index is 2860. The average molecular weight is 2030 g/mol. The number of hydrogen-bond donors (Lipinski definition) is 0. The van der Waals surface area contributed by atoms with Gasteiger partial charge in [-0.1, -0.05) is 311 Å². The Morgan fingerprint density at radius 3 is 0.803 bits per heavy atom. The number of benzene rings is 2. The third-order valence-electron chi connectivity index (χ3n) is 19.1. The van der Waals surface area contributed by atoms with Crippen molar-refractivity contribution >= 4 is 68.5 Å². The van der Waals surface area contributed by atoms with Crippen LogP contribution in [-0.2, 0) is 141 Å². The number of methoxy groups -OCH3 is 4. The van der Waals surface area contributed by atoms with E-state index in [-0.39, 0.29) is 164 Å². The van der Waals surface area contributed by atoms with Crippen LogP contribution in [0, 0.1) is 63.2 Å². The van der Waals surface area contributed by atoms with Crippen LogP contribution in [0.5, 0.6) is 11.5 Å². The van der Waals surface area contributed by atoms with Gasteiger partial charge < -0.3 is 122 Å². The van der Waals surface area contributed by atoms with Crippen molar-refractivity contribution in [2.75, 3.05) is 28.4 Å². The van der Waals surface area contributed by atoms with Crippen molar-refractivity contribution in [3.63, 3.8) is 0 Å². The van der Waals surface area contributed by atoms with Crippen molar-refractivity contribution in [2.24, 2.45) is 33.5 Å². The maximum Gasteiger partial charge on any atom is 2.00 e. The average Bonchev–Trinajstić information content (AvgIpc) is 0.920. The number of carbonyl (C=O) groups excluding carboxylic acids is 6. The molecule has 2 radical (unpaired) electrons. The minimum absolute atomic E-state index is 0. The van der Waals surface area contributed by atoms with Crippen molar-refractivity contribution < 1.29 is 150 Å². The predicted octanol–water partition coefficient (Wildman–Crippen LogP) is 20.3. The number of ether oxygens (including phenoxy) is 4. The van der Waals surface area contributed by atoms with E-state index in [0.717, 1.165) is 77.5 Å². The minimum Gasteiger partial charge on any atom is -1.00 e. The molecule has 14 nitrogen and oxygen atoms in total. The van der Waals surface area contributed by atoms with E-state index in [2.05, 4.69) is 279 Å². The van der Waals surface area contributed by atoms with E-state index in [1.165, 1.54) is 136 Å². The molecule has 8 rings (SSSR count). The Morgan fingerprint density at radius 2 is 0.631 bits per heavy atom. The first-order chi connectivity index (χ1) is 52.3. The van der Waals surface area contributed by atoms with Crippen LogP contribution in [0.3, 0.4) is 0 Å². The number of aromatic nitrogens is 2. The first-order valence-electron chi connectivity index (χ1n) is 40.3. The topological polar surface area (TPSA) is 193 Å². The summed E-state index contributed by atoms with van der Waals surface area (Å²) in [6.45, 7) is 79.6. The molecule has 4 fully saturated rings. The molecule has 6 unspecified atom stereocenters. The maximum atomic E-state index is 7.75. The van der Waals surface area contributed by atoms with Crippen molar-refractivity contribution in [3.8, 4) is 11.5 Å². The van der Waals surface area contributed by atoms with Crippen LogP contribution >= 0.6 is 17.2 Å². The van der Waals surface area contributed by atoms with Gasteiger partial charge in [-0.25, -0.2) is 0 Å². The van der Waals surface area contributed by atoms with Gasteiger partial charge in [-0.05, 0) is 139 Å². The normalized spacial score (nSPS) is 16.1. The summed E-state index contributed by atoms with van der Waals surface area (Å²) in [6.07, 6.45) is 33.0. The summed E-state index contributed by atoms with van der Waals surface area (Å²) in [5.41, 5.74) is 10.1. The molecule has 0 aliphatic heterocycles. The van der Waals surface area contributed by atoms with Crippen molar-refractivity contribution in [1.29, 1.82) is 0 Å². The van der Waals surface area contributed by atoms with Gasteiger partial charge in [0.25, 0.3) is 0 Å². The summed E-state index contributed by atoms with van der Waals surface area (Å²) in [5.74, 6) is 5.66. The first kappa shape index (κ1) is 151. The molecule has 714 valence electrons. The molecule has 8 atom stereocenters. The number of hydrogen-bond acceptors (Lipinski definition) is 12. The molecule has 0 amide bonds. The summed E-state index contributed by atoms with van der Waals surface area (Å²) < 4.78 is 22.7. The number of nitrogens with zero attached hydrogens (tertiary/aromatic N) is 4. The fraction of sp³-hybridized carbons (Fsp3) is 0.640. The van der Waals surface area contributed by atoms with Crippen LogP contribution in [0.15, 0.2) is 96.7 Å². The Kier molecular flexibility index (Phi) is 97.8. The van der Waals surface area contributed by atoms with Gasteiger partial charge >= 0.3 is 34.1 Å². The molecular weight excluding hydrogens is 1860 g/mol. The Morgan fingerprint density at radius 1 is 0.402 bits per heavy atom. The quantitative estimate of drug-likeness (QED) is 0.0301. The van der Waals surface area contributed by atoms with E-state index in [9.17, 15) is 0 Å². The fourth-order valence-corrected chi connectivity index (χ4v) is 17.7. The Hall–Kier alpha value is -2.74. The second-order valence-electron chi connectivity index (χ2n) is 38.1. The van der Waals surface area contributed by atoms with Crippen LogP contribution < -0.4 is 54.0 Å². The summed E-state index contributed by atoms with van der Waals surface area (Å²) in [4.78, 5) is 55.4. The molecule has 0 bridgehead atoms. The van der Waals surface area contributed by atoms with E-state index in [4.69, 9.17) is 58.3 Å². The largest absolute Gasteiger partial charge is 2.00 e. The first-order valence-corrected chi connectivity index (χ1v) is 42.5. The molecule has 2 aromatic carbocycles. The molecule has 4 aromatic rings. The zero-order valence-electron chi connectivity index (χ0n) is 82.2. The standard InChI is InChI=1S/2C28H42N2OP.2C12H24O.2C5H10.6CHO.4CH3.2BrH.2Fe.2Mn/c2*1-19(30-18-20-12-9-10-15-29-20)22-13-11-14-25(22)32-21-16-23(27(2,3)4)26(31-8)24(17-21)28(5,6)7;2*1-11(2,3)8-10(13-7)9-12(4,5)6;2*1-2-4-5-3-1;6*1-2;;;;;;;;;;/h2*9-10,12,15-17,19,22,25,32H,11,13-14,18H2,1-8H3;2*8H,9H2,1-7H3;2*1-5H2;6*1H;4*1H3;2*1H;;;;/q2*-1;;;;;10*-1;;;2*+2;;/p-2/b;;2*10-8-;;;;;;;;;;;;;;;;;;/t2*19-,22?,25?;;;;;;;;;;;;;;;;;;;;/m10..................../s1. The van der Waals surface area contributed by atoms with Crippen LogP contribution in [0.25, 0.3) is 10.6 Å². The molecule has 0 N–H and O–H groups in total. The molecular formula is C100H170Br2Fe2Mn2N4O10P2-10. The Balaban J connectivity index is -0.000000100. The van der Waals surface area contributed by atoms with Crippen molar-refractivity contribution in [1.82, 2.24) is 9.97 Å². The van der Waals surface area contributed by atoms with E-state index >= 15 is 0 Å². The third kappa shape index (κ3) is 67.5. The van der Waals surface area contributed by atoms with Gasteiger partial charge in [0.05, 0.1) is 40.0 Å². The minimum atomic E-state index is 0. The van der Waals surface area contributed by atoms with Gasteiger partial charge in [0.15, 0.2) is 0 Å². The van der Waals surface area contributed by atoms with Gasteiger partial charge in [0, 0.05) is 93.0 Å². The molecule has 2 aromatic heterocycles. The summed E-state index contributed by atoms with van der Waals surface area (Å²) in [6, 6.07) is 22.6. The molecule has 4 aliphatic carbocycles. The van der Waals surface area contributed by atoms with Crippen LogP contribution in [0.2, 0.25) is 0 Å². The van der Waals surface area contributed by atoms with Gasteiger partial charge in [-0.15, -0.1) is 25.2 Å². The SMILES string of the molecule is C1CCCC1.C1CCCC1.CO/C(=C\C(C)(C)C)CC(C)(C)C.CO/C(=C\C(C)(C)C)CC(C)(C)C.COc1c(C(C)(C)C)cc(PC2CCCC2[C@@H](C)[N-]Cc2ccccn2)cc1C(C)(C)C.COc1c(C(C)(C)C)cc(PC2CCCC2[C@H](C)[N-]Cc2ccccn2)cc1C(C)(C)C.[Br-].[Br-].[CH-]=O.[CH-]=O.[CH-]=O.[CH-]=O.[CH-]=O.[CH-]=O.[CH3-].[CH3-].[CH3-].[CH3-].[Fe+2].[Fe+2].[Mn].[Mn]. The zero-order valence-corrected chi connectivity index (χ0v) is 92.0. The van der Waals surface area contributed by atoms with E-state index in [1.54, 1.807) is 14.2 Å². The number of halogens is 2. The molecule has 0 spiro atoms. The van der Waals surface area contributed by atoms with Crippen LogP contribution in [0.1, 0.15) is 329 Å². The van der Waals surface area contributed by atoms with Crippen molar-refractivity contribution in [2.45, 2.75) is 354 Å². The summed E-state index contributed by atoms with van der Waals surface area (Å²) in [5, 5.41) is 13.0. The molecule has 4 saturated carbocycles. The van der Waals surface area contributed by atoms with Crippen LogP contribution in [0.4, 0.5) is 0 Å². The van der Waals surface area contributed by atoms with Gasteiger partial charge in [-0.2, -0.15) is 0 Å². The van der Waals surface area contributed by atoms with E-state index in [0.29, 0.717) is 46.1 Å².